The molecule has 1 saturated carbocycles. The predicted octanol–water partition coefficient (Wildman–Crippen LogP) is 3.45. The standard InChI is InChI=1S/C29H37F3N6O2/c1-19-6-5-9-36(12-19)13-20-10-23(29(30,31)32)24-15-37(26(39)38(24)14-20)22-8-4-7-21(11-22)28(16-27(2,40)17-28)25-34-33-18-35(25)3/h4,7-8,10-11,14-15,19,25,33-34,40H,5-6,9,12-13,16-18H2,1-3H3/t19-,25?,27?,28?/m0/s1. The maximum atomic E-state index is 14.3. The van der Waals surface area contributed by atoms with Gasteiger partial charge in [-0.25, -0.2) is 15.6 Å². The maximum absolute atomic E-state index is 14.3. The second-order valence-electron chi connectivity index (χ2n) is 12.5. The van der Waals surface area contributed by atoms with Crippen LogP contribution in [0.25, 0.3) is 11.2 Å². The van der Waals surface area contributed by atoms with Crippen molar-refractivity contribution < 1.29 is 18.3 Å². The molecule has 1 aliphatic carbocycles. The molecule has 216 valence electrons. The van der Waals surface area contributed by atoms with E-state index in [0.29, 0.717) is 43.2 Å². The largest absolute Gasteiger partial charge is 0.418 e. The second-order valence-corrected chi connectivity index (χ2v) is 12.5. The van der Waals surface area contributed by atoms with Crippen molar-refractivity contribution in [2.24, 2.45) is 5.92 Å². The number of hydrogen-bond acceptors (Lipinski definition) is 6. The van der Waals surface area contributed by atoms with Crippen molar-refractivity contribution in [3.8, 4) is 5.69 Å². The minimum atomic E-state index is -4.61. The lowest BCUT2D eigenvalue weighted by Gasteiger charge is -2.56. The number of alkyl halides is 3. The third-order valence-electron chi connectivity index (χ3n) is 8.90. The Balaban J connectivity index is 1.42. The Hall–Kier alpha value is -2.70. The minimum Gasteiger partial charge on any atom is -0.390 e. The van der Waals surface area contributed by atoms with Gasteiger partial charge in [0.2, 0.25) is 0 Å². The van der Waals surface area contributed by atoms with Crippen molar-refractivity contribution in [3.05, 3.63) is 69.9 Å². The highest BCUT2D eigenvalue weighted by atomic mass is 19.4. The number of likely N-dealkylation sites (N-methyl/N-ethyl adjacent to an activating group) is 1. The Labute approximate surface area is 231 Å². The van der Waals surface area contributed by atoms with E-state index in [1.807, 2.05) is 32.2 Å². The Bertz CT molecular complexity index is 1470. The van der Waals surface area contributed by atoms with Crippen molar-refractivity contribution in [2.45, 2.75) is 69.4 Å². The first-order chi connectivity index (χ1) is 18.9. The molecule has 0 bridgehead atoms. The van der Waals surface area contributed by atoms with Gasteiger partial charge in [0.1, 0.15) is 0 Å². The molecule has 2 aromatic heterocycles. The summed E-state index contributed by atoms with van der Waals surface area (Å²) in [6, 6.07) is 8.58. The molecular weight excluding hydrogens is 521 g/mol. The summed E-state index contributed by atoms with van der Waals surface area (Å²) < 4.78 is 45.2. The minimum absolute atomic E-state index is 0.0929. The van der Waals surface area contributed by atoms with Crippen molar-refractivity contribution in [1.82, 2.24) is 29.6 Å². The lowest BCUT2D eigenvalue weighted by Crippen LogP contribution is -2.64. The summed E-state index contributed by atoms with van der Waals surface area (Å²) in [6.45, 7) is 6.63. The van der Waals surface area contributed by atoms with E-state index >= 15 is 0 Å². The number of aromatic nitrogens is 2. The van der Waals surface area contributed by atoms with E-state index < -0.39 is 28.4 Å². The lowest BCUT2D eigenvalue weighted by molar-refractivity contribution is -0.136. The molecular formula is C29H37F3N6O2. The summed E-state index contributed by atoms with van der Waals surface area (Å²) in [5, 5.41) is 10.7. The molecule has 2 atom stereocenters. The molecule has 1 aromatic carbocycles. The number of hydrogen-bond donors (Lipinski definition) is 3. The zero-order valence-electron chi connectivity index (χ0n) is 23.1. The van der Waals surface area contributed by atoms with Crippen molar-refractivity contribution in [3.63, 3.8) is 0 Å². The molecule has 4 heterocycles. The third kappa shape index (κ3) is 4.77. The average molecular weight is 559 g/mol. The Morgan fingerprint density at radius 3 is 2.60 bits per heavy atom. The molecule has 3 aromatic rings. The summed E-state index contributed by atoms with van der Waals surface area (Å²) in [4.78, 5) is 17.9. The molecule has 3 aliphatic rings. The van der Waals surface area contributed by atoms with Crippen molar-refractivity contribution in [2.75, 3.05) is 26.8 Å². The predicted molar refractivity (Wildman–Crippen MR) is 146 cm³/mol. The van der Waals surface area contributed by atoms with Crippen LogP contribution in [0.15, 0.2) is 47.5 Å². The topological polar surface area (TPSA) is 77.2 Å². The van der Waals surface area contributed by atoms with Crippen LogP contribution < -0.4 is 16.5 Å². The number of benzene rings is 1. The van der Waals surface area contributed by atoms with Gasteiger partial charge in [-0.2, -0.15) is 13.2 Å². The highest BCUT2D eigenvalue weighted by Gasteiger charge is 2.58. The van der Waals surface area contributed by atoms with Gasteiger partial charge >= 0.3 is 11.9 Å². The maximum Gasteiger partial charge on any atom is 0.418 e. The summed E-state index contributed by atoms with van der Waals surface area (Å²) in [5.74, 6) is 0.494. The van der Waals surface area contributed by atoms with Gasteiger partial charge in [0.25, 0.3) is 0 Å². The Kier molecular flexibility index (Phi) is 6.66. The molecule has 8 nitrogen and oxygen atoms in total. The number of rotatable bonds is 5. The number of pyridine rings is 1. The number of likely N-dealkylation sites (tertiary alicyclic amines) is 1. The normalized spacial score (nSPS) is 30.2. The molecule has 3 fully saturated rings. The van der Waals surface area contributed by atoms with Gasteiger partial charge < -0.3 is 5.11 Å². The molecule has 0 amide bonds. The molecule has 2 aliphatic heterocycles. The Morgan fingerprint density at radius 1 is 1.18 bits per heavy atom. The molecule has 0 spiro atoms. The van der Waals surface area contributed by atoms with E-state index in [2.05, 4.69) is 27.6 Å². The van der Waals surface area contributed by atoms with E-state index in [1.165, 1.54) is 16.8 Å². The summed E-state index contributed by atoms with van der Waals surface area (Å²) in [7, 11) is 1.99. The monoisotopic (exact) mass is 558 g/mol. The fourth-order valence-electron chi connectivity index (χ4n) is 7.29. The zero-order valence-corrected chi connectivity index (χ0v) is 23.1. The molecule has 0 radical (unpaired) electrons. The summed E-state index contributed by atoms with van der Waals surface area (Å²) in [6.07, 6.45) is 1.30. The first kappa shape index (κ1) is 27.5. The molecule has 40 heavy (non-hydrogen) atoms. The number of aliphatic hydroxyl groups is 1. The smallest absolute Gasteiger partial charge is 0.390 e. The van der Waals surface area contributed by atoms with Crippen LogP contribution in [0.2, 0.25) is 0 Å². The van der Waals surface area contributed by atoms with E-state index in [-0.39, 0.29) is 11.7 Å². The first-order valence-electron chi connectivity index (χ1n) is 13.9. The molecule has 1 unspecified atom stereocenters. The first-order valence-corrected chi connectivity index (χ1v) is 13.9. The molecule has 11 heteroatoms. The van der Waals surface area contributed by atoms with Gasteiger partial charge in [0.05, 0.1) is 35.2 Å². The number of nitrogens with zero attached hydrogens (tertiary/aromatic N) is 4. The molecule has 2 saturated heterocycles. The van der Waals surface area contributed by atoms with Crippen LogP contribution in [0.4, 0.5) is 13.2 Å². The van der Waals surface area contributed by atoms with Crippen LogP contribution in [-0.4, -0.2) is 62.4 Å². The Morgan fingerprint density at radius 2 is 1.95 bits per heavy atom. The van der Waals surface area contributed by atoms with Crippen LogP contribution >= 0.6 is 0 Å². The van der Waals surface area contributed by atoms with Gasteiger partial charge in [-0.3, -0.25) is 18.8 Å². The van der Waals surface area contributed by atoms with Crippen LogP contribution in [0.5, 0.6) is 0 Å². The molecule has 6 rings (SSSR count). The zero-order chi connectivity index (χ0) is 28.4. The fraction of sp³-hybridized carbons (Fsp3) is 0.552. The van der Waals surface area contributed by atoms with Gasteiger partial charge in [-0.15, -0.1) is 0 Å². The second kappa shape index (κ2) is 9.70. The van der Waals surface area contributed by atoms with Crippen molar-refractivity contribution >= 4 is 5.52 Å². The van der Waals surface area contributed by atoms with Gasteiger partial charge in [-0.05, 0) is 81.4 Å². The van der Waals surface area contributed by atoms with Crippen LogP contribution in [0.3, 0.4) is 0 Å². The van der Waals surface area contributed by atoms with E-state index in [9.17, 15) is 23.1 Å². The number of halogens is 3. The van der Waals surface area contributed by atoms with E-state index in [4.69, 9.17) is 0 Å². The summed E-state index contributed by atoms with van der Waals surface area (Å²) >= 11 is 0. The van der Waals surface area contributed by atoms with E-state index in [0.717, 1.165) is 35.9 Å². The van der Waals surface area contributed by atoms with Crippen LogP contribution in [0.1, 0.15) is 56.2 Å². The van der Waals surface area contributed by atoms with E-state index in [1.54, 1.807) is 12.3 Å². The number of piperidine rings is 1. The lowest BCUT2D eigenvalue weighted by atomic mass is 9.55. The SMILES string of the molecule is C[C@H]1CCCN(Cc2cc(C(F)(F)F)c3cn(-c4cccc(C5(C6NNCN6C)CC(C)(O)C5)c4)c(=O)n3c2)C1. The molecule has 3 N–H and O–H groups in total. The van der Waals surface area contributed by atoms with Gasteiger partial charge in [0, 0.05) is 30.9 Å². The number of hydrazine groups is 1. The number of fused-ring (bicyclic) bond motifs is 1. The quantitative estimate of drug-likeness (QED) is 0.446. The highest BCUT2D eigenvalue weighted by Crippen LogP contribution is 2.53. The van der Waals surface area contributed by atoms with Crippen LogP contribution in [0, 0.1) is 5.92 Å². The third-order valence-corrected chi connectivity index (χ3v) is 8.90. The number of imidazole rings is 1. The highest BCUT2D eigenvalue weighted by molar-refractivity contribution is 5.58. The van der Waals surface area contributed by atoms with Gasteiger partial charge in [-0.1, -0.05) is 19.1 Å². The van der Waals surface area contributed by atoms with Crippen LogP contribution in [-0.2, 0) is 18.1 Å². The number of nitrogens with one attached hydrogen (secondary N) is 2. The van der Waals surface area contributed by atoms with Crippen molar-refractivity contribution in [1.29, 1.82) is 0 Å². The fourth-order valence-corrected chi connectivity index (χ4v) is 7.29. The summed E-state index contributed by atoms with van der Waals surface area (Å²) in [5.41, 5.74) is 5.56. The van der Waals surface area contributed by atoms with Gasteiger partial charge in [0.15, 0.2) is 0 Å². The average Bonchev–Trinajstić information content (AvgIpc) is 3.44.